The third kappa shape index (κ3) is 1.41. The van der Waals surface area contributed by atoms with Crippen molar-refractivity contribution in [2.75, 3.05) is 5.73 Å². The van der Waals surface area contributed by atoms with E-state index in [9.17, 15) is 0 Å². The minimum atomic E-state index is 0.608. The number of nitrogens with two attached hydrogens (primary N) is 1. The predicted molar refractivity (Wildman–Crippen MR) is 66.2 cm³/mol. The molecule has 0 aromatic carbocycles. The van der Waals surface area contributed by atoms with Crippen LogP contribution in [0.4, 0.5) is 5.82 Å². The molecule has 3 heteroatoms. The third-order valence-electron chi connectivity index (χ3n) is 5.30. The molecule has 90 valence electrons. The minimum Gasteiger partial charge on any atom is -0.382 e. The van der Waals surface area contributed by atoms with Gasteiger partial charge in [0.25, 0.3) is 0 Å². The zero-order valence-electron chi connectivity index (χ0n) is 10.0. The van der Waals surface area contributed by atoms with E-state index in [1.165, 1.54) is 32.1 Å². The number of aromatic nitrogens is 2. The van der Waals surface area contributed by atoms with Gasteiger partial charge < -0.3 is 5.73 Å². The van der Waals surface area contributed by atoms with E-state index in [1.54, 1.807) is 12.4 Å². The fourth-order valence-corrected chi connectivity index (χ4v) is 4.99. The fourth-order valence-electron chi connectivity index (χ4n) is 4.99. The lowest BCUT2D eigenvalue weighted by Gasteiger charge is -2.54. The van der Waals surface area contributed by atoms with Gasteiger partial charge in [0.05, 0.1) is 5.69 Å². The van der Waals surface area contributed by atoms with E-state index in [-0.39, 0.29) is 0 Å². The van der Waals surface area contributed by atoms with Gasteiger partial charge in [-0.2, -0.15) is 0 Å². The summed E-state index contributed by atoms with van der Waals surface area (Å²) in [5.74, 6) is 4.97. The van der Waals surface area contributed by atoms with E-state index in [0.29, 0.717) is 11.7 Å². The summed E-state index contributed by atoms with van der Waals surface area (Å²) in [6.45, 7) is 0. The molecular weight excluding hydrogens is 210 g/mol. The van der Waals surface area contributed by atoms with Crippen molar-refractivity contribution < 1.29 is 0 Å². The van der Waals surface area contributed by atoms with Gasteiger partial charge >= 0.3 is 0 Å². The highest BCUT2D eigenvalue weighted by atomic mass is 14.9. The second-order valence-corrected chi connectivity index (χ2v) is 6.28. The Bertz CT molecular complexity index is 415. The Morgan fingerprint density at radius 3 is 2.06 bits per heavy atom. The van der Waals surface area contributed by atoms with Crippen LogP contribution in [0.3, 0.4) is 0 Å². The molecule has 1 aromatic heterocycles. The molecule has 1 aromatic rings. The lowest BCUT2D eigenvalue weighted by Crippen LogP contribution is -2.44. The largest absolute Gasteiger partial charge is 0.382 e. The molecular formula is C14H19N3. The van der Waals surface area contributed by atoms with Gasteiger partial charge in [-0.25, -0.2) is 4.98 Å². The Labute approximate surface area is 102 Å². The average molecular weight is 229 g/mol. The molecule has 4 saturated carbocycles. The van der Waals surface area contributed by atoms with Crippen molar-refractivity contribution in [3.05, 3.63) is 18.1 Å². The SMILES string of the molecule is Nc1nccnc1C1C2CC3CC(C2)CC1C3. The van der Waals surface area contributed by atoms with E-state index < -0.39 is 0 Å². The van der Waals surface area contributed by atoms with Crippen molar-refractivity contribution in [3.8, 4) is 0 Å². The first-order chi connectivity index (χ1) is 8.31. The predicted octanol–water partition coefficient (Wildman–Crippen LogP) is 2.60. The molecule has 0 unspecified atom stereocenters. The first-order valence-electron chi connectivity index (χ1n) is 6.87. The Balaban J connectivity index is 1.73. The Morgan fingerprint density at radius 1 is 0.882 bits per heavy atom. The van der Waals surface area contributed by atoms with Gasteiger partial charge in [-0.15, -0.1) is 0 Å². The standard InChI is InChI=1S/C14H19N3/c15-14-13(16-1-2-17-14)12-10-4-8-3-9(6-10)7-11(12)5-8/h1-2,8-12H,3-7H2,(H2,15,17). The van der Waals surface area contributed by atoms with Crippen LogP contribution in [0, 0.1) is 23.7 Å². The van der Waals surface area contributed by atoms with Crippen LogP contribution in [-0.4, -0.2) is 9.97 Å². The molecule has 0 radical (unpaired) electrons. The number of hydrogen-bond donors (Lipinski definition) is 1. The van der Waals surface area contributed by atoms with Gasteiger partial charge in [-0.1, -0.05) is 0 Å². The van der Waals surface area contributed by atoms with Crippen LogP contribution in [-0.2, 0) is 0 Å². The van der Waals surface area contributed by atoms with E-state index in [0.717, 1.165) is 29.4 Å². The summed E-state index contributed by atoms with van der Waals surface area (Å²) in [4.78, 5) is 8.76. The lowest BCUT2D eigenvalue weighted by molar-refractivity contribution is -0.00399. The van der Waals surface area contributed by atoms with Crippen molar-refractivity contribution in [1.82, 2.24) is 9.97 Å². The lowest BCUT2D eigenvalue weighted by atomic mass is 9.51. The zero-order chi connectivity index (χ0) is 11.4. The van der Waals surface area contributed by atoms with E-state index in [1.807, 2.05) is 0 Å². The summed E-state index contributed by atoms with van der Waals surface area (Å²) in [6, 6.07) is 0. The average Bonchev–Trinajstić information content (AvgIpc) is 2.30. The molecule has 0 spiro atoms. The topological polar surface area (TPSA) is 51.8 Å². The quantitative estimate of drug-likeness (QED) is 0.805. The number of hydrogen-bond acceptors (Lipinski definition) is 3. The van der Waals surface area contributed by atoms with Crippen LogP contribution in [0.1, 0.15) is 43.7 Å². The second kappa shape index (κ2) is 3.44. The maximum Gasteiger partial charge on any atom is 0.145 e. The summed E-state index contributed by atoms with van der Waals surface area (Å²) >= 11 is 0. The van der Waals surface area contributed by atoms with Crippen molar-refractivity contribution in [3.63, 3.8) is 0 Å². The molecule has 2 N–H and O–H groups in total. The highest BCUT2D eigenvalue weighted by Gasteiger charge is 2.49. The molecule has 0 aliphatic heterocycles. The van der Waals surface area contributed by atoms with E-state index in [4.69, 9.17) is 5.73 Å². The highest BCUT2D eigenvalue weighted by molar-refractivity contribution is 5.37. The smallest absolute Gasteiger partial charge is 0.145 e. The second-order valence-electron chi connectivity index (χ2n) is 6.28. The maximum absolute atomic E-state index is 6.03. The van der Waals surface area contributed by atoms with Crippen molar-refractivity contribution in [1.29, 1.82) is 0 Å². The normalized spacial score (nSPS) is 42.9. The molecule has 4 aliphatic carbocycles. The minimum absolute atomic E-state index is 0.608. The number of nitrogens with zero attached hydrogens (tertiary/aromatic N) is 2. The van der Waals surface area contributed by atoms with Crippen LogP contribution >= 0.6 is 0 Å². The van der Waals surface area contributed by atoms with Crippen LogP contribution in [0.2, 0.25) is 0 Å². The monoisotopic (exact) mass is 229 g/mol. The van der Waals surface area contributed by atoms with Crippen molar-refractivity contribution in [2.45, 2.75) is 38.0 Å². The zero-order valence-corrected chi connectivity index (χ0v) is 10.0. The fraction of sp³-hybridized carbons (Fsp3) is 0.714. The van der Waals surface area contributed by atoms with Gasteiger partial charge in [-0.3, -0.25) is 4.98 Å². The molecule has 4 bridgehead atoms. The van der Waals surface area contributed by atoms with Crippen LogP contribution in [0.5, 0.6) is 0 Å². The van der Waals surface area contributed by atoms with Gasteiger partial charge in [0.2, 0.25) is 0 Å². The molecule has 3 nitrogen and oxygen atoms in total. The van der Waals surface area contributed by atoms with Gasteiger partial charge in [0, 0.05) is 18.3 Å². The Morgan fingerprint density at radius 2 is 1.47 bits per heavy atom. The summed E-state index contributed by atoms with van der Waals surface area (Å²) in [6.07, 6.45) is 10.6. The van der Waals surface area contributed by atoms with Gasteiger partial charge in [0.1, 0.15) is 5.82 Å². The number of rotatable bonds is 1. The molecule has 17 heavy (non-hydrogen) atoms. The molecule has 4 aliphatic rings. The van der Waals surface area contributed by atoms with Crippen LogP contribution in [0.25, 0.3) is 0 Å². The van der Waals surface area contributed by atoms with E-state index in [2.05, 4.69) is 9.97 Å². The summed E-state index contributed by atoms with van der Waals surface area (Å²) in [5.41, 5.74) is 7.13. The number of nitrogen functional groups attached to an aromatic ring is 1. The molecule has 1 heterocycles. The Kier molecular flexibility index (Phi) is 1.99. The molecule has 0 atom stereocenters. The van der Waals surface area contributed by atoms with Crippen molar-refractivity contribution in [2.24, 2.45) is 23.7 Å². The summed E-state index contributed by atoms with van der Waals surface area (Å²) in [7, 11) is 0. The molecule has 0 saturated heterocycles. The first-order valence-corrected chi connectivity index (χ1v) is 6.87. The maximum atomic E-state index is 6.03. The van der Waals surface area contributed by atoms with Crippen LogP contribution in [0.15, 0.2) is 12.4 Å². The highest BCUT2D eigenvalue weighted by Crippen LogP contribution is 2.59. The Hall–Kier alpha value is -1.12. The third-order valence-corrected chi connectivity index (χ3v) is 5.30. The molecule has 4 fully saturated rings. The van der Waals surface area contributed by atoms with Crippen molar-refractivity contribution >= 4 is 5.82 Å². The number of anilines is 1. The molecule has 0 amide bonds. The summed E-state index contributed by atoms with van der Waals surface area (Å²) in [5, 5.41) is 0. The van der Waals surface area contributed by atoms with Crippen LogP contribution < -0.4 is 5.73 Å². The molecule has 5 rings (SSSR count). The van der Waals surface area contributed by atoms with Gasteiger partial charge in [0.15, 0.2) is 0 Å². The summed E-state index contributed by atoms with van der Waals surface area (Å²) < 4.78 is 0. The first kappa shape index (κ1) is 9.86. The van der Waals surface area contributed by atoms with E-state index >= 15 is 0 Å². The van der Waals surface area contributed by atoms with Gasteiger partial charge in [-0.05, 0) is 55.8 Å².